The molecule has 0 fully saturated rings. The summed E-state index contributed by atoms with van der Waals surface area (Å²) in [5.74, 6) is 1.11. The highest BCUT2D eigenvalue weighted by Crippen LogP contribution is 2.20. The summed E-state index contributed by atoms with van der Waals surface area (Å²) in [6.45, 7) is 0.125. The van der Waals surface area contributed by atoms with Gasteiger partial charge in [0.25, 0.3) is 0 Å². The Morgan fingerprint density at radius 3 is 2.50 bits per heavy atom. The zero-order valence-electron chi connectivity index (χ0n) is 8.93. The lowest BCUT2D eigenvalue weighted by Crippen LogP contribution is -1.86. The Balaban J connectivity index is 1.81. The Kier molecular flexibility index (Phi) is 4.45. The van der Waals surface area contributed by atoms with E-state index in [1.165, 1.54) is 10.5 Å². The Hall–Kier alpha value is -0.770. The molecule has 0 unspecified atom stereocenters. The molecule has 0 spiro atoms. The standard InChI is InChI=1S/C13H14OS2/c14-9-11-1-3-13(4-2-11)16-8-6-12-5-7-15-10-12/h1-5,7,10,14H,6,8-9H2. The van der Waals surface area contributed by atoms with Crippen LogP contribution in [0.15, 0.2) is 46.0 Å². The summed E-state index contributed by atoms with van der Waals surface area (Å²) in [7, 11) is 0. The summed E-state index contributed by atoms with van der Waals surface area (Å²) in [5.41, 5.74) is 2.40. The fraction of sp³-hybridized carbons (Fsp3) is 0.231. The predicted molar refractivity (Wildman–Crippen MR) is 71.1 cm³/mol. The predicted octanol–water partition coefficient (Wildman–Crippen LogP) is 3.58. The Morgan fingerprint density at radius 1 is 1.06 bits per heavy atom. The molecule has 0 aliphatic rings. The first-order valence-electron chi connectivity index (χ1n) is 5.22. The number of aliphatic hydroxyl groups excluding tert-OH is 1. The van der Waals surface area contributed by atoms with Gasteiger partial charge in [-0.25, -0.2) is 0 Å². The third kappa shape index (κ3) is 3.37. The molecule has 84 valence electrons. The maximum atomic E-state index is 8.92. The average molecular weight is 250 g/mol. The van der Waals surface area contributed by atoms with Crippen molar-refractivity contribution < 1.29 is 5.11 Å². The van der Waals surface area contributed by atoms with E-state index < -0.39 is 0 Å². The van der Waals surface area contributed by atoms with Crippen molar-refractivity contribution in [1.82, 2.24) is 0 Å². The zero-order chi connectivity index (χ0) is 11.2. The van der Waals surface area contributed by atoms with Crippen molar-refractivity contribution in [3.63, 3.8) is 0 Å². The van der Waals surface area contributed by atoms with Crippen molar-refractivity contribution in [1.29, 1.82) is 0 Å². The minimum atomic E-state index is 0.125. The van der Waals surface area contributed by atoms with Crippen LogP contribution < -0.4 is 0 Å². The summed E-state index contributed by atoms with van der Waals surface area (Å²) >= 11 is 3.61. The first-order valence-corrected chi connectivity index (χ1v) is 7.15. The van der Waals surface area contributed by atoms with E-state index in [2.05, 4.69) is 29.0 Å². The van der Waals surface area contributed by atoms with Crippen LogP contribution in [0.25, 0.3) is 0 Å². The number of aryl methyl sites for hydroxylation is 1. The van der Waals surface area contributed by atoms with Crippen LogP contribution in [0.3, 0.4) is 0 Å². The highest BCUT2D eigenvalue weighted by molar-refractivity contribution is 7.99. The monoisotopic (exact) mass is 250 g/mol. The van der Waals surface area contributed by atoms with Crippen LogP contribution in [0.4, 0.5) is 0 Å². The quantitative estimate of drug-likeness (QED) is 0.819. The number of hydrogen-bond donors (Lipinski definition) is 1. The molecule has 0 aliphatic carbocycles. The number of rotatable bonds is 5. The molecule has 0 aliphatic heterocycles. The maximum Gasteiger partial charge on any atom is 0.0681 e. The van der Waals surface area contributed by atoms with Crippen molar-refractivity contribution in [3.05, 3.63) is 52.2 Å². The van der Waals surface area contributed by atoms with Crippen LogP contribution in [0.5, 0.6) is 0 Å². The van der Waals surface area contributed by atoms with Gasteiger partial charge in [-0.1, -0.05) is 12.1 Å². The van der Waals surface area contributed by atoms with E-state index >= 15 is 0 Å². The molecule has 1 aromatic heterocycles. The van der Waals surface area contributed by atoms with Gasteiger partial charge < -0.3 is 5.11 Å². The highest BCUT2D eigenvalue weighted by atomic mass is 32.2. The summed E-state index contributed by atoms with van der Waals surface area (Å²) < 4.78 is 0. The van der Waals surface area contributed by atoms with E-state index in [0.29, 0.717) is 0 Å². The molecule has 0 radical (unpaired) electrons. The summed E-state index contributed by atoms with van der Waals surface area (Å²) in [6, 6.07) is 10.3. The molecule has 16 heavy (non-hydrogen) atoms. The minimum Gasteiger partial charge on any atom is -0.392 e. The van der Waals surface area contributed by atoms with E-state index in [1.807, 2.05) is 23.9 Å². The van der Waals surface area contributed by atoms with Gasteiger partial charge in [-0.2, -0.15) is 11.3 Å². The number of hydrogen-bond acceptors (Lipinski definition) is 3. The van der Waals surface area contributed by atoms with Gasteiger partial charge >= 0.3 is 0 Å². The summed E-state index contributed by atoms with van der Waals surface area (Å²) in [6.07, 6.45) is 1.12. The molecular formula is C13H14OS2. The van der Waals surface area contributed by atoms with Crippen molar-refractivity contribution in [3.8, 4) is 0 Å². The van der Waals surface area contributed by atoms with Crippen molar-refractivity contribution >= 4 is 23.1 Å². The Labute approximate surface area is 104 Å². The van der Waals surface area contributed by atoms with E-state index in [-0.39, 0.29) is 6.61 Å². The molecule has 2 aromatic rings. The number of thioether (sulfide) groups is 1. The van der Waals surface area contributed by atoms with Gasteiger partial charge in [0.2, 0.25) is 0 Å². The molecule has 1 N–H and O–H groups in total. The molecule has 1 aromatic carbocycles. The fourth-order valence-corrected chi connectivity index (χ4v) is 3.02. The SMILES string of the molecule is OCc1ccc(SCCc2ccsc2)cc1. The van der Waals surface area contributed by atoms with Crippen LogP contribution in [-0.4, -0.2) is 10.9 Å². The molecule has 0 amide bonds. The molecule has 0 atom stereocenters. The van der Waals surface area contributed by atoms with Crippen molar-refractivity contribution in [2.45, 2.75) is 17.9 Å². The molecule has 0 saturated heterocycles. The van der Waals surface area contributed by atoms with Crippen molar-refractivity contribution in [2.75, 3.05) is 5.75 Å². The van der Waals surface area contributed by atoms with Gasteiger partial charge in [0, 0.05) is 10.6 Å². The van der Waals surface area contributed by atoms with Crippen molar-refractivity contribution in [2.24, 2.45) is 0 Å². The van der Waals surface area contributed by atoms with Gasteiger partial charge in [0.05, 0.1) is 6.61 Å². The maximum absolute atomic E-state index is 8.92. The molecule has 0 saturated carbocycles. The smallest absolute Gasteiger partial charge is 0.0681 e. The van der Waals surface area contributed by atoms with Gasteiger partial charge in [0.15, 0.2) is 0 Å². The zero-order valence-corrected chi connectivity index (χ0v) is 10.6. The lowest BCUT2D eigenvalue weighted by Gasteiger charge is -2.01. The van der Waals surface area contributed by atoms with Gasteiger partial charge in [0.1, 0.15) is 0 Å². The van der Waals surface area contributed by atoms with Gasteiger partial charge in [-0.3, -0.25) is 0 Å². The molecular weight excluding hydrogens is 236 g/mol. The van der Waals surface area contributed by atoms with Crippen LogP contribution >= 0.6 is 23.1 Å². The molecule has 1 nitrogen and oxygen atoms in total. The number of thiophene rings is 1. The average Bonchev–Trinajstić information content (AvgIpc) is 2.83. The third-order valence-electron chi connectivity index (χ3n) is 2.35. The second-order valence-corrected chi connectivity index (χ2v) is 5.48. The minimum absolute atomic E-state index is 0.125. The first kappa shape index (κ1) is 11.7. The fourth-order valence-electron chi connectivity index (χ4n) is 1.41. The Morgan fingerprint density at radius 2 is 1.88 bits per heavy atom. The number of aliphatic hydroxyl groups is 1. The highest BCUT2D eigenvalue weighted by Gasteiger charge is 1.97. The van der Waals surface area contributed by atoms with Crippen LogP contribution in [0.2, 0.25) is 0 Å². The third-order valence-corrected chi connectivity index (χ3v) is 4.09. The Bertz CT molecular complexity index is 406. The summed E-state index contributed by atoms with van der Waals surface area (Å²) in [4.78, 5) is 1.27. The first-order chi connectivity index (χ1) is 7.88. The van der Waals surface area contributed by atoms with Crippen LogP contribution in [0.1, 0.15) is 11.1 Å². The molecule has 0 bridgehead atoms. The largest absolute Gasteiger partial charge is 0.392 e. The lowest BCUT2D eigenvalue weighted by molar-refractivity contribution is 0.282. The van der Waals surface area contributed by atoms with E-state index in [1.54, 1.807) is 11.3 Å². The topological polar surface area (TPSA) is 20.2 Å². The van der Waals surface area contributed by atoms with Crippen LogP contribution in [-0.2, 0) is 13.0 Å². The van der Waals surface area contributed by atoms with E-state index in [4.69, 9.17) is 5.11 Å². The van der Waals surface area contributed by atoms with E-state index in [9.17, 15) is 0 Å². The number of benzene rings is 1. The molecule has 3 heteroatoms. The van der Waals surface area contributed by atoms with Gasteiger partial charge in [-0.15, -0.1) is 11.8 Å². The summed E-state index contributed by atoms with van der Waals surface area (Å²) in [5, 5.41) is 13.2. The molecule has 1 heterocycles. The van der Waals surface area contributed by atoms with Crippen LogP contribution in [0, 0.1) is 0 Å². The second-order valence-electron chi connectivity index (χ2n) is 3.53. The lowest BCUT2D eigenvalue weighted by atomic mass is 10.2. The molecule has 2 rings (SSSR count). The second kappa shape index (κ2) is 6.09. The van der Waals surface area contributed by atoms with E-state index in [0.717, 1.165) is 17.7 Å². The van der Waals surface area contributed by atoms with Gasteiger partial charge in [-0.05, 0) is 46.5 Å². The normalized spacial score (nSPS) is 10.6.